The van der Waals surface area contributed by atoms with Gasteiger partial charge in [-0.2, -0.15) is 0 Å². The number of nitrogens with zero attached hydrogens (tertiary/aromatic N) is 2. The number of aromatic hydroxyl groups is 1. The van der Waals surface area contributed by atoms with Gasteiger partial charge in [-0.1, -0.05) is 6.07 Å². The number of likely N-dealkylation sites (N-methyl/N-ethyl adjacent to an activating group) is 1. The first kappa shape index (κ1) is 22.1. The van der Waals surface area contributed by atoms with Gasteiger partial charge >= 0.3 is 0 Å². The highest BCUT2D eigenvalue weighted by Crippen LogP contribution is 2.52. The van der Waals surface area contributed by atoms with Crippen LogP contribution in [0.3, 0.4) is 0 Å². The molecule has 3 N–H and O–H groups in total. The van der Waals surface area contributed by atoms with Crippen molar-refractivity contribution >= 4 is 11.6 Å². The normalized spacial score (nSPS) is 29.6. The van der Waals surface area contributed by atoms with Crippen LogP contribution in [0.25, 0.3) is 0 Å². The zero-order valence-corrected chi connectivity index (χ0v) is 19.8. The van der Waals surface area contributed by atoms with Crippen molar-refractivity contribution in [1.29, 1.82) is 0 Å². The number of aryl methyl sites for hydroxylation is 1. The summed E-state index contributed by atoms with van der Waals surface area (Å²) in [5.41, 5.74) is 10.5. The van der Waals surface area contributed by atoms with E-state index in [4.69, 9.17) is 15.2 Å². The van der Waals surface area contributed by atoms with Gasteiger partial charge < -0.3 is 20.3 Å². The summed E-state index contributed by atoms with van der Waals surface area (Å²) in [6.45, 7) is 4.54. The summed E-state index contributed by atoms with van der Waals surface area (Å²) < 4.78 is 10.8. The molecule has 8 heteroatoms. The van der Waals surface area contributed by atoms with Crippen molar-refractivity contribution in [2.45, 2.75) is 50.9 Å². The maximum atomic E-state index is 13.3. The van der Waals surface area contributed by atoms with Gasteiger partial charge in [-0.25, -0.2) is 0 Å². The Morgan fingerprint density at radius 3 is 2.52 bits per heavy atom. The van der Waals surface area contributed by atoms with Crippen molar-refractivity contribution in [3.8, 4) is 11.5 Å². The monoisotopic (exact) mass is 453 g/mol. The van der Waals surface area contributed by atoms with Gasteiger partial charge in [0.2, 0.25) is 5.78 Å². The van der Waals surface area contributed by atoms with Crippen LogP contribution in [0.2, 0.25) is 0 Å². The number of rotatable bonds is 3. The van der Waals surface area contributed by atoms with E-state index in [0.717, 1.165) is 29.7 Å². The second-order valence-corrected chi connectivity index (χ2v) is 9.54. The molecular weight excluding hydrogens is 422 g/mol. The summed E-state index contributed by atoms with van der Waals surface area (Å²) in [5, 5.41) is 11.2. The summed E-state index contributed by atoms with van der Waals surface area (Å²) in [6, 6.07) is 1.68. The van der Waals surface area contributed by atoms with Crippen molar-refractivity contribution in [2.75, 3.05) is 34.4 Å². The lowest BCUT2D eigenvalue weighted by Gasteiger charge is -2.58. The number of methoxy groups -OCH3 is 2. The number of benzene rings is 1. The number of carbonyl (C=O) groups excluding carboxylic acids is 2. The smallest absolute Gasteiger partial charge is 0.225 e. The fraction of sp³-hybridized carbons (Fsp3) is 0.520. The van der Waals surface area contributed by atoms with E-state index in [0.29, 0.717) is 28.9 Å². The van der Waals surface area contributed by atoms with Crippen LogP contribution in [0.4, 0.5) is 0 Å². The number of allylic oxidation sites excluding steroid dienone is 2. The molecule has 3 heterocycles. The van der Waals surface area contributed by atoms with E-state index in [1.807, 2.05) is 6.92 Å². The van der Waals surface area contributed by atoms with Crippen molar-refractivity contribution in [3.63, 3.8) is 0 Å². The van der Waals surface area contributed by atoms with Crippen LogP contribution in [0.5, 0.6) is 11.5 Å². The Morgan fingerprint density at radius 2 is 1.88 bits per heavy atom. The predicted molar refractivity (Wildman–Crippen MR) is 122 cm³/mol. The quantitative estimate of drug-likeness (QED) is 0.662. The molecule has 4 aliphatic rings. The summed E-state index contributed by atoms with van der Waals surface area (Å²) in [7, 11) is 5.06. The number of phenols is 1. The third-order valence-corrected chi connectivity index (χ3v) is 8.05. The molecule has 1 saturated heterocycles. The number of ketones is 2. The van der Waals surface area contributed by atoms with E-state index in [2.05, 4.69) is 22.9 Å². The lowest BCUT2D eigenvalue weighted by atomic mass is 9.71. The first-order valence-electron chi connectivity index (χ1n) is 11.4. The highest BCUT2D eigenvalue weighted by Gasteiger charge is 2.53. The number of carbonyl (C=O) groups is 2. The Morgan fingerprint density at radius 1 is 1.15 bits per heavy atom. The minimum absolute atomic E-state index is 0.107. The molecule has 0 radical (unpaired) electrons. The van der Waals surface area contributed by atoms with Gasteiger partial charge in [-0.3, -0.25) is 19.4 Å². The van der Waals surface area contributed by atoms with Crippen molar-refractivity contribution in [1.82, 2.24) is 9.80 Å². The standard InChI is InChI=1S/C25H31N3O5/c1-11-6-13-7-14-10-28-16(20(27(14)3)18(13)22(30)24(11)32-4)8-15-19(17(28)9-26)23(31)25(33-5)12(2)21(15)29/h6,14,16-17,20,30H,7-10,26H2,1-5H3. The van der Waals surface area contributed by atoms with Crippen LogP contribution in [0.15, 0.2) is 28.5 Å². The molecule has 4 unspecified atom stereocenters. The molecule has 1 aliphatic carbocycles. The summed E-state index contributed by atoms with van der Waals surface area (Å²) in [5.74, 6) is 0.385. The SMILES string of the molecule is COC1=C(C)C(=O)C2=C(C1=O)C(CN)N1CC3Cc4cc(C)c(OC)c(O)c4C(C1C2)N3C. The number of nitrogens with two attached hydrogens (primary N) is 1. The van der Waals surface area contributed by atoms with E-state index in [1.54, 1.807) is 14.0 Å². The highest BCUT2D eigenvalue weighted by atomic mass is 16.5. The lowest BCUT2D eigenvalue weighted by Crippen LogP contribution is -2.67. The van der Waals surface area contributed by atoms with Crippen molar-refractivity contribution in [3.05, 3.63) is 45.2 Å². The third kappa shape index (κ3) is 2.87. The maximum absolute atomic E-state index is 13.3. The fourth-order valence-corrected chi connectivity index (χ4v) is 6.57. The average Bonchev–Trinajstić information content (AvgIpc) is 2.77. The first-order chi connectivity index (χ1) is 15.7. The minimum atomic E-state index is -0.372. The molecule has 1 aromatic rings. The second-order valence-electron chi connectivity index (χ2n) is 9.54. The molecular formula is C25H31N3O5. The fourth-order valence-electron chi connectivity index (χ4n) is 6.57. The van der Waals surface area contributed by atoms with E-state index in [9.17, 15) is 14.7 Å². The largest absolute Gasteiger partial charge is 0.504 e. The van der Waals surface area contributed by atoms with Crippen LogP contribution in [0, 0.1) is 6.92 Å². The van der Waals surface area contributed by atoms with Crippen LogP contribution in [0.1, 0.15) is 36.1 Å². The van der Waals surface area contributed by atoms with Gasteiger partial charge in [0.05, 0.1) is 26.3 Å². The first-order valence-corrected chi connectivity index (χ1v) is 11.4. The average molecular weight is 454 g/mol. The number of phenolic OH excluding ortho intramolecular Hbond substituents is 1. The molecule has 176 valence electrons. The van der Waals surface area contributed by atoms with Crippen LogP contribution >= 0.6 is 0 Å². The molecule has 1 aromatic carbocycles. The summed E-state index contributed by atoms with van der Waals surface area (Å²) >= 11 is 0. The van der Waals surface area contributed by atoms with Crippen molar-refractivity contribution in [2.24, 2.45) is 5.73 Å². The molecule has 0 amide bonds. The number of piperazine rings is 1. The van der Waals surface area contributed by atoms with Crippen LogP contribution in [-0.2, 0) is 20.7 Å². The van der Waals surface area contributed by atoms with Gasteiger partial charge in [-0.15, -0.1) is 0 Å². The van der Waals surface area contributed by atoms with E-state index >= 15 is 0 Å². The number of hydrogen-bond acceptors (Lipinski definition) is 8. The van der Waals surface area contributed by atoms with Gasteiger partial charge in [0.15, 0.2) is 23.0 Å². The molecule has 0 aromatic heterocycles. The molecule has 8 nitrogen and oxygen atoms in total. The Kier molecular flexibility index (Phi) is 5.15. The number of hydrogen-bond donors (Lipinski definition) is 2. The van der Waals surface area contributed by atoms with E-state index < -0.39 is 0 Å². The van der Waals surface area contributed by atoms with Gasteiger partial charge in [0.25, 0.3) is 0 Å². The topological polar surface area (TPSA) is 105 Å². The predicted octanol–water partition coefficient (Wildman–Crippen LogP) is 1.39. The Hall–Kier alpha value is -2.68. The number of fused-ring (bicyclic) bond motifs is 6. The molecule has 4 atom stereocenters. The lowest BCUT2D eigenvalue weighted by molar-refractivity contribution is -0.121. The molecule has 2 bridgehead atoms. The Balaban J connectivity index is 1.67. The van der Waals surface area contributed by atoms with E-state index in [-0.39, 0.29) is 53.8 Å². The Bertz CT molecular complexity index is 1140. The maximum Gasteiger partial charge on any atom is 0.225 e. The molecule has 0 spiro atoms. The zero-order valence-electron chi connectivity index (χ0n) is 19.8. The van der Waals surface area contributed by atoms with Crippen LogP contribution in [-0.4, -0.2) is 79.0 Å². The van der Waals surface area contributed by atoms with Crippen molar-refractivity contribution < 1.29 is 24.2 Å². The molecule has 3 aliphatic heterocycles. The third-order valence-electron chi connectivity index (χ3n) is 8.05. The molecule has 5 rings (SSSR count). The van der Waals surface area contributed by atoms with Gasteiger partial charge in [-0.05, 0) is 44.9 Å². The summed E-state index contributed by atoms with van der Waals surface area (Å²) in [4.78, 5) is 31.2. The van der Waals surface area contributed by atoms with Crippen LogP contribution < -0.4 is 10.5 Å². The summed E-state index contributed by atoms with van der Waals surface area (Å²) in [6.07, 6.45) is 1.20. The van der Waals surface area contributed by atoms with Gasteiger partial charge in [0.1, 0.15) is 0 Å². The molecule has 1 fully saturated rings. The number of Topliss-reactive ketones (excluding diaryl/α,β-unsaturated/α-hetero) is 2. The zero-order chi connectivity index (χ0) is 23.8. The van der Waals surface area contributed by atoms with Gasteiger partial charge in [0, 0.05) is 47.5 Å². The van der Waals surface area contributed by atoms with E-state index in [1.165, 1.54) is 7.11 Å². The highest BCUT2D eigenvalue weighted by molar-refractivity contribution is 6.25. The number of ether oxygens (including phenoxy) is 2. The molecule has 0 saturated carbocycles. The second kappa shape index (κ2) is 7.68. The Labute approximate surface area is 193 Å². The molecule has 33 heavy (non-hydrogen) atoms. The minimum Gasteiger partial charge on any atom is -0.504 e.